The van der Waals surface area contributed by atoms with Gasteiger partial charge in [-0.25, -0.2) is 0 Å². The van der Waals surface area contributed by atoms with Gasteiger partial charge in [0, 0.05) is 11.5 Å². The summed E-state index contributed by atoms with van der Waals surface area (Å²) in [6, 6.07) is 12.3. The van der Waals surface area contributed by atoms with Crippen LogP contribution in [0.5, 0.6) is 0 Å². The molecular weight excluding hydrogens is 250 g/mol. The van der Waals surface area contributed by atoms with Crippen molar-refractivity contribution in [3.8, 4) is 11.8 Å². The number of carbonyl (C=O) groups excluding carboxylic acids is 1. The third-order valence-electron chi connectivity index (χ3n) is 1.97. The Morgan fingerprint density at radius 2 is 1.89 bits per heavy atom. The van der Waals surface area contributed by atoms with Crippen LogP contribution in [0, 0.1) is 11.8 Å². The summed E-state index contributed by atoms with van der Waals surface area (Å²) in [5, 5.41) is 10.1. The van der Waals surface area contributed by atoms with Crippen LogP contribution in [-0.2, 0) is 4.79 Å². The number of amides is 1. The van der Waals surface area contributed by atoms with E-state index in [0.29, 0.717) is 5.82 Å². The van der Waals surface area contributed by atoms with Crippen LogP contribution in [0.2, 0.25) is 5.15 Å². The zero-order valence-electron chi connectivity index (χ0n) is 9.22. The lowest BCUT2D eigenvalue weighted by atomic mass is 10.2. The van der Waals surface area contributed by atoms with Crippen molar-refractivity contribution in [1.29, 1.82) is 0 Å². The molecule has 18 heavy (non-hydrogen) atoms. The number of hydrogen-bond donors (Lipinski definition) is 1. The molecule has 1 amide bonds. The fraction of sp³-hybridized carbons (Fsp3) is 0. The van der Waals surface area contributed by atoms with Gasteiger partial charge in [-0.2, -0.15) is 0 Å². The molecule has 0 aliphatic rings. The van der Waals surface area contributed by atoms with Crippen molar-refractivity contribution in [2.75, 3.05) is 5.32 Å². The van der Waals surface area contributed by atoms with Gasteiger partial charge in [-0.1, -0.05) is 35.7 Å². The van der Waals surface area contributed by atoms with E-state index in [0.717, 1.165) is 5.56 Å². The predicted octanol–water partition coefficient (Wildman–Crippen LogP) is 2.12. The third-order valence-corrected chi connectivity index (χ3v) is 2.17. The second-order valence-electron chi connectivity index (χ2n) is 3.31. The Morgan fingerprint density at radius 1 is 1.11 bits per heavy atom. The first-order chi connectivity index (χ1) is 8.74. The summed E-state index contributed by atoms with van der Waals surface area (Å²) in [6.07, 6.45) is 0. The second kappa shape index (κ2) is 5.80. The Morgan fingerprint density at radius 3 is 2.56 bits per heavy atom. The smallest absolute Gasteiger partial charge is 0.298 e. The van der Waals surface area contributed by atoms with Gasteiger partial charge < -0.3 is 0 Å². The molecular formula is C13H8ClN3O. The zero-order chi connectivity index (χ0) is 12.8. The Bertz CT molecular complexity index is 600. The molecule has 2 rings (SSSR count). The topological polar surface area (TPSA) is 54.9 Å². The Kier molecular flexibility index (Phi) is 3.90. The van der Waals surface area contributed by atoms with E-state index in [-0.39, 0.29) is 5.15 Å². The van der Waals surface area contributed by atoms with E-state index >= 15 is 0 Å². The van der Waals surface area contributed by atoms with Crippen LogP contribution in [-0.4, -0.2) is 16.1 Å². The van der Waals surface area contributed by atoms with E-state index < -0.39 is 5.91 Å². The third kappa shape index (κ3) is 3.58. The van der Waals surface area contributed by atoms with Gasteiger partial charge in [-0.05, 0) is 24.3 Å². The van der Waals surface area contributed by atoms with Gasteiger partial charge >= 0.3 is 5.91 Å². The summed E-state index contributed by atoms with van der Waals surface area (Å²) in [5.41, 5.74) is 0.773. The molecule has 0 atom stereocenters. The molecule has 1 aromatic heterocycles. The highest BCUT2D eigenvalue weighted by molar-refractivity contribution is 6.29. The fourth-order valence-electron chi connectivity index (χ4n) is 1.18. The van der Waals surface area contributed by atoms with Gasteiger partial charge in [0.05, 0.1) is 0 Å². The lowest BCUT2D eigenvalue weighted by molar-refractivity contribution is -0.111. The van der Waals surface area contributed by atoms with Crippen LogP contribution in [0.15, 0.2) is 42.5 Å². The molecule has 0 spiro atoms. The highest BCUT2D eigenvalue weighted by atomic mass is 35.5. The van der Waals surface area contributed by atoms with E-state index in [9.17, 15) is 4.79 Å². The quantitative estimate of drug-likeness (QED) is 0.796. The maximum Gasteiger partial charge on any atom is 0.301 e. The average molecular weight is 258 g/mol. The molecule has 0 bridgehead atoms. The highest BCUT2D eigenvalue weighted by Crippen LogP contribution is 2.05. The molecule has 0 radical (unpaired) electrons. The number of anilines is 1. The van der Waals surface area contributed by atoms with Gasteiger partial charge in [0.2, 0.25) is 0 Å². The van der Waals surface area contributed by atoms with Crippen LogP contribution < -0.4 is 5.32 Å². The molecule has 0 aliphatic carbocycles. The molecule has 0 aliphatic heterocycles. The van der Waals surface area contributed by atoms with Gasteiger partial charge in [-0.15, -0.1) is 10.2 Å². The average Bonchev–Trinajstić information content (AvgIpc) is 2.40. The number of rotatable bonds is 1. The molecule has 5 heteroatoms. The van der Waals surface area contributed by atoms with Gasteiger partial charge in [-0.3, -0.25) is 10.1 Å². The summed E-state index contributed by atoms with van der Waals surface area (Å²) >= 11 is 5.58. The van der Waals surface area contributed by atoms with Crippen molar-refractivity contribution >= 4 is 23.3 Å². The maximum absolute atomic E-state index is 11.5. The standard InChI is InChI=1S/C13H8ClN3O/c14-11-7-8-12(17-16-11)15-13(18)9-6-10-4-2-1-3-5-10/h1-5,7-8H,(H,15,17,18). The van der Waals surface area contributed by atoms with Gasteiger partial charge in [0.15, 0.2) is 11.0 Å². The Balaban J connectivity index is 2.01. The van der Waals surface area contributed by atoms with Crippen LogP contribution in [0.3, 0.4) is 0 Å². The zero-order valence-corrected chi connectivity index (χ0v) is 9.98. The molecule has 1 heterocycles. The summed E-state index contributed by atoms with van der Waals surface area (Å²) in [4.78, 5) is 11.5. The summed E-state index contributed by atoms with van der Waals surface area (Å²) < 4.78 is 0. The molecule has 0 unspecified atom stereocenters. The molecule has 0 saturated carbocycles. The van der Waals surface area contributed by atoms with Crippen LogP contribution >= 0.6 is 11.6 Å². The predicted molar refractivity (Wildman–Crippen MR) is 69.0 cm³/mol. The van der Waals surface area contributed by atoms with Crippen molar-refractivity contribution in [2.24, 2.45) is 0 Å². The number of carbonyl (C=O) groups is 1. The molecule has 1 aromatic carbocycles. The van der Waals surface area contributed by atoms with Crippen molar-refractivity contribution < 1.29 is 4.79 Å². The molecule has 2 aromatic rings. The van der Waals surface area contributed by atoms with Crippen molar-refractivity contribution in [1.82, 2.24) is 10.2 Å². The SMILES string of the molecule is O=C(C#Cc1ccccc1)Nc1ccc(Cl)nn1. The molecule has 88 valence electrons. The van der Waals surface area contributed by atoms with E-state index in [4.69, 9.17) is 11.6 Å². The number of halogens is 1. The minimum absolute atomic E-state index is 0.267. The lowest BCUT2D eigenvalue weighted by Gasteiger charge is -1.97. The van der Waals surface area contributed by atoms with Crippen molar-refractivity contribution in [3.63, 3.8) is 0 Å². The normalized spacial score (nSPS) is 9.17. The first kappa shape index (κ1) is 12.1. The summed E-state index contributed by atoms with van der Waals surface area (Å²) in [5.74, 6) is 5.06. The first-order valence-electron chi connectivity index (χ1n) is 5.11. The maximum atomic E-state index is 11.5. The number of nitrogens with one attached hydrogen (secondary N) is 1. The van der Waals surface area contributed by atoms with Crippen molar-refractivity contribution in [3.05, 3.63) is 53.2 Å². The largest absolute Gasteiger partial charge is 0.301 e. The highest BCUT2D eigenvalue weighted by Gasteiger charge is 1.99. The molecule has 4 nitrogen and oxygen atoms in total. The minimum atomic E-state index is -0.449. The monoisotopic (exact) mass is 257 g/mol. The van der Waals surface area contributed by atoms with Gasteiger partial charge in [0.1, 0.15) is 0 Å². The van der Waals surface area contributed by atoms with E-state index in [1.54, 1.807) is 6.07 Å². The number of hydrogen-bond acceptors (Lipinski definition) is 3. The fourth-order valence-corrected chi connectivity index (χ4v) is 1.28. The second-order valence-corrected chi connectivity index (χ2v) is 3.70. The Hall–Kier alpha value is -2.38. The molecule has 0 saturated heterocycles. The van der Waals surface area contributed by atoms with Crippen LogP contribution in [0.25, 0.3) is 0 Å². The first-order valence-corrected chi connectivity index (χ1v) is 5.49. The van der Waals surface area contributed by atoms with Crippen molar-refractivity contribution in [2.45, 2.75) is 0 Å². The molecule has 0 fully saturated rings. The number of aromatic nitrogens is 2. The Labute approximate surface area is 109 Å². The molecule has 1 N–H and O–H groups in total. The van der Waals surface area contributed by atoms with E-state index in [1.165, 1.54) is 6.07 Å². The van der Waals surface area contributed by atoms with Crippen LogP contribution in [0.1, 0.15) is 5.56 Å². The lowest BCUT2D eigenvalue weighted by Crippen LogP contribution is -2.10. The number of benzene rings is 1. The van der Waals surface area contributed by atoms with Crippen LogP contribution in [0.4, 0.5) is 5.82 Å². The minimum Gasteiger partial charge on any atom is -0.298 e. The van der Waals surface area contributed by atoms with E-state index in [2.05, 4.69) is 27.4 Å². The number of nitrogens with zero attached hydrogens (tertiary/aromatic N) is 2. The summed E-state index contributed by atoms with van der Waals surface area (Å²) in [7, 11) is 0. The summed E-state index contributed by atoms with van der Waals surface area (Å²) in [6.45, 7) is 0. The van der Waals surface area contributed by atoms with E-state index in [1.807, 2.05) is 30.3 Å². The van der Waals surface area contributed by atoms with Gasteiger partial charge in [0.25, 0.3) is 0 Å².